The summed E-state index contributed by atoms with van der Waals surface area (Å²) in [5.41, 5.74) is 1.14. The van der Waals surface area contributed by atoms with Gasteiger partial charge in [0.25, 0.3) is 5.91 Å². The lowest BCUT2D eigenvalue weighted by Crippen LogP contribution is -2.32. The number of aromatic nitrogens is 2. The smallest absolute Gasteiger partial charge is 0.251 e. The lowest BCUT2D eigenvalue weighted by Gasteiger charge is -2.20. The Labute approximate surface area is 193 Å². The minimum absolute atomic E-state index is 0.0560. The standard InChI is InChI=1S/C24H29N3O6/c1-7-14(2)20(25-23(28)15-8-10-17(29-3)11-9-15)24-26-22(27-33-24)16-12-18(30-4)21(32-6)19(13-16)31-5/h8-14,20H,7H2,1-6H3,(H,25,28). The van der Waals surface area contributed by atoms with Gasteiger partial charge >= 0.3 is 0 Å². The van der Waals surface area contributed by atoms with Gasteiger partial charge in [0.05, 0.1) is 28.4 Å². The summed E-state index contributed by atoms with van der Waals surface area (Å²) in [5.74, 6) is 2.57. The maximum absolute atomic E-state index is 12.9. The molecule has 3 aromatic rings. The normalized spacial score (nSPS) is 12.5. The molecule has 1 N–H and O–H groups in total. The van der Waals surface area contributed by atoms with Crippen LogP contribution in [0.3, 0.4) is 0 Å². The molecular formula is C24H29N3O6. The van der Waals surface area contributed by atoms with Crippen molar-refractivity contribution in [1.29, 1.82) is 0 Å². The fourth-order valence-electron chi connectivity index (χ4n) is 3.34. The number of nitrogens with zero attached hydrogens (tertiary/aromatic N) is 2. The molecule has 0 aliphatic heterocycles. The van der Waals surface area contributed by atoms with Crippen LogP contribution in [-0.4, -0.2) is 44.5 Å². The van der Waals surface area contributed by atoms with Gasteiger partial charge in [0.1, 0.15) is 11.8 Å². The summed E-state index contributed by atoms with van der Waals surface area (Å²) in [6, 6.07) is 9.90. The topological polar surface area (TPSA) is 105 Å². The van der Waals surface area contributed by atoms with Crippen molar-refractivity contribution in [2.75, 3.05) is 28.4 Å². The summed E-state index contributed by atoms with van der Waals surface area (Å²) in [6.07, 6.45) is 0.801. The van der Waals surface area contributed by atoms with Crippen LogP contribution in [0.1, 0.15) is 42.6 Å². The van der Waals surface area contributed by atoms with Gasteiger partial charge in [-0.2, -0.15) is 4.98 Å². The fraction of sp³-hybridized carbons (Fsp3) is 0.375. The molecule has 0 radical (unpaired) electrons. The second kappa shape index (κ2) is 10.7. The van der Waals surface area contributed by atoms with E-state index in [-0.39, 0.29) is 11.8 Å². The predicted octanol–water partition coefficient (Wildman–Crippen LogP) is 4.29. The van der Waals surface area contributed by atoms with E-state index in [2.05, 4.69) is 15.5 Å². The van der Waals surface area contributed by atoms with Gasteiger partial charge in [-0.3, -0.25) is 4.79 Å². The monoisotopic (exact) mass is 455 g/mol. The van der Waals surface area contributed by atoms with Crippen LogP contribution in [-0.2, 0) is 0 Å². The molecule has 0 spiro atoms. The van der Waals surface area contributed by atoms with E-state index in [4.69, 9.17) is 23.5 Å². The van der Waals surface area contributed by atoms with Crippen molar-refractivity contribution < 1.29 is 28.3 Å². The van der Waals surface area contributed by atoms with Gasteiger partial charge in [-0.25, -0.2) is 0 Å². The average Bonchev–Trinajstić information content (AvgIpc) is 3.35. The van der Waals surface area contributed by atoms with Gasteiger partial charge in [0.2, 0.25) is 17.5 Å². The maximum Gasteiger partial charge on any atom is 0.251 e. The Bertz CT molecular complexity index is 1060. The predicted molar refractivity (Wildman–Crippen MR) is 122 cm³/mol. The zero-order valence-electron chi connectivity index (χ0n) is 19.7. The van der Waals surface area contributed by atoms with Crippen molar-refractivity contribution in [3.63, 3.8) is 0 Å². The highest BCUT2D eigenvalue weighted by Gasteiger charge is 2.27. The van der Waals surface area contributed by atoms with Gasteiger partial charge in [-0.15, -0.1) is 0 Å². The third kappa shape index (κ3) is 5.19. The van der Waals surface area contributed by atoms with Crippen LogP contribution in [0.2, 0.25) is 0 Å². The average molecular weight is 456 g/mol. The Kier molecular flexibility index (Phi) is 7.76. The Balaban J connectivity index is 1.90. The lowest BCUT2D eigenvalue weighted by atomic mass is 9.98. The molecule has 3 rings (SSSR count). The van der Waals surface area contributed by atoms with Gasteiger partial charge in [-0.05, 0) is 42.3 Å². The summed E-state index contributed by atoms with van der Waals surface area (Å²) in [5, 5.41) is 7.15. The molecule has 2 aromatic carbocycles. The molecule has 1 amide bonds. The summed E-state index contributed by atoms with van der Waals surface area (Å²) >= 11 is 0. The largest absolute Gasteiger partial charge is 0.497 e. The van der Waals surface area contributed by atoms with E-state index in [9.17, 15) is 4.79 Å². The van der Waals surface area contributed by atoms with E-state index < -0.39 is 6.04 Å². The van der Waals surface area contributed by atoms with E-state index in [1.54, 1.807) is 43.5 Å². The highest BCUT2D eigenvalue weighted by atomic mass is 16.5. The Morgan fingerprint density at radius 2 is 1.64 bits per heavy atom. The number of hydrogen-bond acceptors (Lipinski definition) is 8. The van der Waals surface area contributed by atoms with Crippen LogP contribution in [0, 0.1) is 5.92 Å². The summed E-state index contributed by atoms with van der Waals surface area (Å²) in [6.45, 7) is 4.05. The first-order chi connectivity index (χ1) is 15.9. The highest BCUT2D eigenvalue weighted by molar-refractivity contribution is 5.94. The molecule has 1 heterocycles. The van der Waals surface area contributed by atoms with Crippen molar-refractivity contribution >= 4 is 5.91 Å². The minimum atomic E-state index is -0.465. The molecule has 33 heavy (non-hydrogen) atoms. The number of ether oxygens (including phenoxy) is 4. The fourth-order valence-corrected chi connectivity index (χ4v) is 3.34. The Morgan fingerprint density at radius 1 is 1.00 bits per heavy atom. The SMILES string of the molecule is CCC(C)C(NC(=O)c1ccc(OC)cc1)c1nc(-c2cc(OC)c(OC)c(OC)c2)no1. The van der Waals surface area contributed by atoms with Crippen molar-refractivity contribution in [2.24, 2.45) is 5.92 Å². The molecule has 0 bridgehead atoms. The van der Waals surface area contributed by atoms with Crippen LogP contribution in [0.5, 0.6) is 23.0 Å². The number of methoxy groups -OCH3 is 4. The molecule has 9 heteroatoms. The number of carbonyl (C=O) groups is 1. The number of nitrogens with one attached hydrogen (secondary N) is 1. The molecule has 0 saturated heterocycles. The Morgan fingerprint density at radius 3 is 2.15 bits per heavy atom. The van der Waals surface area contributed by atoms with Crippen molar-refractivity contribution in [2.45, 2.75) is 26.3 Å². The van der Waals surface area contributed by atoms with E-state index in [0.717, 1.165) is 6.42 Å². The number of amides is 1. The molecule has 0 saturated carbocycles. The lowest BCUT2D eigenvalue weighted by molar-refractivity contribution is 0.0910. The van der Waals surface area contributed by atoms with Crippen LogP contribution in [0.4, 0.5) is 0 Å². The zero-order valence-corrected chi connectivity index (χ0v) is 19.7. The van der Waals surface area contributed by atoms with Crippen LogP contribution in [0.25, 0.3) is 11.4 Å². The second-order valence-electron chi connectivity index (χ2n) is 7.44. The van der Waals surface area contributed by atoms with Gasteiger partial charge < -0.3 is 28.8 Å². The molecule has 0 aliphatic carbocycles. The third-order valence-corrected chi connectivity index (χ3v) is 5.48. The first-order valence-electron chi connectivity index (χ1n) is 10.5. The van der Waals surface area contributed by atoms with Gasteiger partial charge in [0.15, 0.2) is 11.5 Å². The molecular weight excluding hydrogens is 426 g/mol. The highest BCUT2D eigenvalue weighted by Crippen LogP contribution is 2.40. The molecule has 1 aromatic heterocycles. The van der Waals surface area contributed by atoms with Crippen LogP contribution in [0.15, 0.2) is 40.9 Å². The van der Waals surface area contributed by atoms with Crippen LogP contribution >= 0.6 is 0 Å². The van der Waals surface area contributed by atoms with Gasteiger partial charge in [-0.1, -0.05) is 25.4 Å². The van der Waals surface area contributed by atoms with Crippen molar-refractivity contribution in [3.8, 4) is 34.4 Å². The first-order valence-corrected chi connectivity index (χ1v) is 10.5. The molecule has 0 fully saturated rings. The van der Waals surface area contributed by atoms with Crippen LogP contribution < -0.4 is 24.3 Å². The summed E-state index contributed by atoms with van der Waals surface area (Å²) < 4.78 is 26.9. The van der Waals surface area contributed by atoms with E-state index >= 15 is 0 Å². The number of benzene rings is 2. The molecule has 9 nitrogen and oxygen atoms in total. The number of hydrogen-bond donors (Lipinski definition) is 1. The maximum atomic E-state index is 12.9. The Hall–Kier alpha value is -3.75. The van der Waals surface area contributed by atoms with E-state index in [0.29, 0.717) is 45.8 Å². The zero-order chi connectivity index (χ0) is 24.0. The third-order valence-electron chi connectivity index (χ3n) is 5.48. The molecule has 2 atom stereocenters. The van der Waals surface area contributed by atoms with E-state index in [1.165, 1.54) is 21.3 Å². The summed E-state index contributed by atoms with van der Waals surface area (Å²) in [4.78, 5) is 17.4. The van der Waals surface area contributed by atoms with Gasteiger partial charge in [0, 0.05) is 11.1 Å². The van der Waals surface area contributed by atoms with E-state index in [1.807, 2.05) is 13.8 Å². The summed E-state index contributed by atoms with van der Waals surface area (Å²) in [7, 11) is 6.19. The second-order valence-corrected chi connectivity index (χ2v) is 7.44. The molecule has 2 unspecified atom stereocenters. The molecule has 0 aliphatic rings. The first kappa shape index (κ1) is 23.9. The molecule has 176 valence electrons. The quantitative estimate of drug-likeness (QED) is 0.483. The number of carbonyl (C=O) groups excluding carboxylic acids is 1. The minimum Gasteiger partial charge on any atom is -0.497 e. The van der Waals surface area contributed by atoms with Crippen molar-refractivity contribution in [1.82, 2.24) is 15.5 Å². The number of rotatable bonds is 10. The van der Waals surface area contributed by atoms with Crippen molar-refractivity contribution in [3.05, 3.63) is 47.9 Å².